The standard InChI is InChI=1S/C15H18N2O/c1-9-5-10(2)7-13(6-9)8-14-16-12(4)11(3)15(18)17-14/h5-7H,8H2,1-4H3,(H,16,17,18). The Morgan fingerprint density at radius 2 is 1.67 bits per heavy atom. The van der Waals surface area contributed by atoms with Crippen molar-refractivity contribution in [1.82, 2.24) is 9.97 Å². The normalized spacial score (nSPS) is 10.7. The summed E-state index contributed by atoms with van der Waals surface area (Å²) in [4.78, 5) is 19.0. The van der Waals surface area contributed by atoms with Crippen LogP contribution in [0, 0.1) is 27.7 Å². The smallest absolute Gasteiger partial charge is 0.254 e. The molecule has 0 saturated carbocycles. The summed E-state index contributed by atoms with van der Waals surface area (Å²) in [6, 6.07) is 6.39. The third-order valence-corrected chi connectivity index (χ3v) is 3.10. The first-order valence-corrected chi connectivity index (χ1v) is 6.09. The Kier molecular flexibility index (Phi) is 3.32. The quantitative estimate of drug-likeness (QED) is 0.879. The van der Waals surface area contributed by atoms with Gasteiger partial charge in [0.05, 0.1) is 0 Å². The van der Waals surface area contributed by atoms with E-state index in [0.29, 0.717) is 12.0 Å². The molecule has 0 unspecified atom stereocenters. The Bertz CT molecular complexity index is 621. The minimum atomic E-state index is -0.0399. The molecule has 0 aliphatic rings. The van der Waals surface area contributed by atoms with Crippen molar-refractivity contribution in [2.45, 2.75) is 34.1 Å². The van der Waals surface area contributed by atoms with Gasteiger partial charge < -0.3 is 4.98 Å². The zero-order chi connectivity index (χ0) is 13.3. The Labute approximate surface area is 107 Å². The summed E-state index contributed by atoms with van der Waals surface area (Å²) in [7, 11) is 0. The number of benzene rings is 1. The number of aromatic nitrogens is 2. The molecule has 3 nitrogen and oxygen atoms in total. The molecule has 1 aromatic heterocycles. The third-order valence-electron chi connectivity index (χ3n) is 3.10. The molecule has 18 heavy (non-hydrogen) atoms. The van der Waals surface area contributed by atoms with Gasteiger partial charge in [0, 0.05) is 17.7 Å². The zero-order valence-corrected chi connectivity index (χ0v) is 11.3. The number of H-pyrrole nitrogens is 1. The van der Waals surface area contributed by atoms with Gasteiger partial charge in [-0.2, -0.15) is 0 Å². The molecule has 0 saturated heterocycles. The number of hydrogen-bond acceptors (Lipinski definition) is 2. The van der Waals surface area contributed by atoms with Crippen molar-refractivity contribution < 1.29 is 0 Å². The van der Waals surface area contributed by atoms with Crippen LogP contribution in [0.25, 0.3) is 0 Å². The monoisotopic (exact) mass is 242 g/mol. The number of aryl methyl sites for hydroxylation is 3. The molecule has 0 aliphatic carbocycles. The summed E-state index contributed by atoms with van der Waals surface area (Å²) < 4.78 is 0. The summed E-state index contributed by atoms with van der Waals surface area (Å²) >= 11 is 0. The van der Waals surface area contributed by atoms with Crippen LogP contribution >= 0.6 is 0 Å². The van der Waals surface area contributed by atoms with Gasteiger partial charge in [-0.1, -0.05) is 29.3 Å². The van der Waals surface area contributed by atoms with Crippen LogP contribution in [0.1, 0.15) is 33.8 Å². The molecule has 0 fully saturated rings. The molecule has 1 aromatic carbocycles. The number of aromatic amines is 1. The van der Waals surface area contributed by atoms with E-state index >= 15 is 0 Å². The van der Waals surface area contributed by atoms with E-state index < -0.39 is 0 Å². The molecule has 0 spiro atoms. The van der Waals surface area contributed by atoms with Crippen molar-refractivity contribution in [1.29, 1.82) is 0 Å². The first kappa shape index (κ1) is 12.6. The topological polar surface area (TPSA) is 45.8 Å². The molecular weight excluding hydrogens is 224 g/mol. The van der Waals surface area contributed by atoms with Crippen molar-refractivity contribution in [3.05, 3.63) is 62.3 Å². The Morgan fingerprint density at radius 3 is 2.22 bits per heavy atom. The summed E-state index contributed by atoms with van der Waals surface area (Å²) in [5.74, 6) is 0.730. The van der Waals surface area contributed by atoms with Crippen molar-refractivity contribution >= 4 is 0 Å². The fourth-order valence-corrected chi connectivity index (χ4v) is 2.15. The maximum atomic E-state index is 11.7. The molecule has 94 valence electrons. The Morgan fingerprint density at radius 1 is 1.06 bits per heavy atom. The highest BCUT2D eigenvalue weighted by Gasteiger charge is 2.05. The van der Waals surface area contributed by atoms with Gasteiger partial charge in [-0.25, -0.2) is 4.98 Å². The Balaban J connectivity index is 2.37. The maximum absolute atomic E-state index is 11.7. The molecule has 2 aromatic rings. The lowest BCUT2D eigenvalue weighted by Crippen LogP contribution is -2.16. The van der Waals surface area contributed by atoms with Crippen LogP contribution in [0.5, 0.6) is 0 Å². The van der Waals surface area contributed by atoms with Crippen LogP contribution in [0.15, 0.2) is 23.0 Å². The zero-order valence-electron chi connectivity index (χ0n) is 11.3. The minimum Gasteiger partial charge on any atom is -0.310 e. The van der Waals surface area contributed by atoms with Gasteiger partial charge in [0.1, 0.15) is 5.82 Å². The van der Waals surface area contributed by atoms with E-state index in [9.17, 15) is 4.79 Å². The molecule has 0 radical (unpaired) electrons. The summed E-state index contributed by atoms with van der Waals surface area (Å²) in [6.45, 7) is 7.82. The van der Waals surface area contributed by atoms with E-state index in [1.54, 1.807) is 6.92 Å². The summed E-state index contributed by atoms with van der Waals surface area (Å²) in [5, 5.41) is 0. The maximum Gasteiger partial charge on any atom is 0.254 e. The molecule has 1 N–H and O–H groups in total. The number of nitrogens with zero attached hydrogens (tertiary/aromatic N) is 1. The first-order chi connectivity index (χ1) is 8.45. The summed E-state index contributed by atoms with van der Waals surface area (Å²) in [6.07, 6.45) is 0.666. The van der Waals surface area contributed by atoms with Crippen LogP contribution in [-0.2, 0) is 6.42 Å². The second-order valence-electron chi connectivity index (χ2n) is 4.90. The van der Waals surface area contributed by atoms with Crippen molar-refractivity contribution in [2.24, 2.45) is 0 Å². The minimum absolute atomic E-state index is 0.0399. The van der Waals surface area contributed by atoms with Crippen LogP contribution < -0.4 is 5.56 Å². The lowest BCUT2D eigenvalue weighted by atomic mass is 10.0. The predicted molar refractivity (Wildman–Crippen MR) is 73.1 cm³/mol. The SMILES string of the molecule is Cc1cc(C)cc(Cc2nc(C)c(C)c(=O)[nH]2)c1. The highest BCUT2D eigenvalue weighted by Crippen LogP contribution is 2.11. The molecule has 0 bridgehead atoms. The van der Waals surface area contributed by atoms with Gasteiger partial charge in [-0.15, -0.1) is 0 Å². The Hall–Kier alpha value is -1.90. The molecule has 2 rings (SSSR count). The van der Waals surface area contributed by atoms with Gasteiger partial charge in [-0.05, 0) is 33.3 Å². The van der Waals surface area contributed by atoms with Crippen LogP contribution in [0.4, 0.5) is 0 Å². The van der Waals surface area contributed by atoms with Crippen LogP contribution in [0.2, 0.25) is 0 Å². The largest absolute Gasteiger partial charge is 0.310 e. The van der Waals surface area contributed by atoms with Gasteiger partial charge >= 0.3 is 0 Å². The highest BCUT2D eigenvalue weighted by atomic mass is 16.1. The number of hydrogen-bond donors (Lipinski definition) is 1. The molecule has 1 heterocycles. The van der Waals surface area contributed by atoms with Gasteiger partial charge in [-0.3, -0.25) is 4.79 Å². The molecule has 0 aliphatic heterocycles. The predicted octanol–water partition coefficient (Wildman–Crippen LogP) is 2.59. The van der Waals surface area contributed by atoms with E-state index in [4.69, 9.17) is 0 Å². The van der Waals surface area contributed by atoms with Gasteiger partial charge in [0.25, 0.3) is 5.56 Å². The molecule has 0 atom stereocenters. The molecular formula is C15H18N2O. The summed E-state index contributed by atoms with van der Waals surface area (Å²) in [5.41, 5.74) is 5.10. The third kappa shape index (κ3) is 2.67. The fraction of sp³-hybridized carbons (Fsp3) is 0.333. The van der Waals surface area contributed by atoms with Gasteiger partial charge in [0.15, 0.2) is 0 Å². The van der Waals surface area contributed by atoms with E-state index in [0.717, 1.165) is 11.5 Å². The number of rotatable bonds is 2. The average molecular weight is 242 g/mol. The van der Waals surface area contributed by atoms with E-state index in [2.05, 4.69) is 42.0 Å². The second kappa shape index (κ2) is 4.77. The van der Waals surface area contributed by atoms with Crippen LogP contribution in [-0.4, -0.2) is 9.97 Å². The first-order valence-electron chi connectivity index (χ1n) is 6.09. The van der Waals surface area contributed by atoms with Crippen LogP contribution in [0.3, 0.4) is 0 Å². The lowest BCUT2D eigenvalue weighted by Gasteiger charge is -2.06. The van der Waals surface area contributed by atoms with Gasteiger partial charge in [0.2, 0.25) is 0 Å². The van der Waals surface area contributed by atoms with Crippen molar-refractivity contribution in [3.63, 3.8) is 0 Å². The van der Waals surface area contributed by atoms with E-state index in [1.807, 2.05) is 6.92 Å². The van der Waals surface area contributed by atoms with E-state index in [-0.39, 0.29) is 5.56 Å². The lowest BCUT2D eigenvalue weighted by molar-refractivity contribution is 0.901. The highest BCUT2D eigenvalue weighted by molar-refractivity contribution is 5.30. The molecule has 3 heteroatoms. The average Bonchev–Trinajstić information content (AvgIpc) is 2.24. The van der Waals surface area contributed by atoms with Crippen molar-refractivity contribution in [3.8, 4) is 0 Å². The number of nitrogens with one attached hydrogen (secondary N) is 1. The van der Waals surface area contributed by atoms with Crippen molar-refractivity contribution in [2.75, 3.05) is 0 Å². The fourth-order valence-electron chi connectivity index (χ4n) is 2.15. The molecule has 0 amide bonds. The van der Waals surface area contributed by atoms with E-state index in [1.165, 1.54) is 16.7 Å². The second-order valence-corrected chi connectivity index (χ2v) is 4.90.